The van der Waals surface area contributed by atoms with E-state index in [1.165, 1.54) is 0 Å². The summed E-state index contributed by atoms with van der Waals surface area (Å²) in [7, 11) is 0. The standard InChI is InChI=1S/C18H11ClO/c19-15-10-5-11-16-17(15)14-9-4-8-13(18(14)20-16)12-6-2-1-3-7-12/h1-11H. The molecule has 0 N–H and O–H groups in total. The highest BCUT2D eigenvalue weighted by Gasteiger charge is 2.13. The van der Waals surface area contributed by atoms with Crippen LogP contribution in [0, 0.1) is 0 Å². The minimum absolute atomic E-state index is 0.728. The minimum atomic E-state index is 0.728. The second kappa shape index (κ2) is 4.39. The van der Waals surface area contributed by atoms with Crippen molar-refractivity contribution >= 4 is 33.5 Å². The Morgan fingerprint density at radius 2 is 1.55 bits per heavy atom. The summed E-state index contributed by atoms with van der Waals surface area (Å²) in [5.41, 5.74) is 3.96. The van der Waals surface area contributed by atoms with E-state index in [0.717, 1.165) is 38.1 Å². The van der Waals surface area contributed by atoms with Crippen molar-refractivity contribution in [3.8, 4) is 11.1 Å². The van der Waals surface area contributed by atoms with E-state index in [2.05, 4.69) is 24.3 Å². The molecule has 1 aromatic heterocycles. The lowest BCUT2D eigenvalue weighted by atomic mass is 10.0. The molecule has 20 heavy (non-hydrogen) atoms. The monoisotopic (exact) mass is 278 g/mol. The average molecular weight is 279 g/mol. The Balaban J connectivity index is 2.14. The molecule has 0 saturated heterocycles. The SMILES string of the molecule is Clc1cccc2oc3c(-c4ccccc4)cccc3c12. The second-order valence-electron chi connectivity index (χ2n) is 4.76. The van der Waals surface area contributed by atoms with Crippen LogP contribution in [-0.2, 0) is 0 Å². The molecule has 0 saturated carbocycles. The van der Waals surface area contributed by atoms with Crippen LogP contribution in [0.15, 0.2) is 71.1 Å². The molecule has 2 heteroatoms. The molecule has 0 aliphatic rings. The molecule has 0 bridgehead atoms. The molecule has 0 amide bonds. The average Bonchev–Trinajstić information content (AvgIpc) is 2.88. The van der Waals surface area contributed by atoms with E-state index in [4.69, 9.17) is 16.0 Å². The summed E-state index contributed by atoms with van der Waals surface area (Å²) >= 11 is 6.32. The maximum atomic E-state index is 6.32. The third-order valence-electron chi connectivity index (χ3n) is 3.56. The van der Waals surface area contributed by atoms with Crippen molar-refractivity contribution < 1.29 is 4.42 Å². The molecule has 0 aliphatic carbocycles. The maximum Gasteiger partial charge on any atom is 0.143 e. The van der Waals surface area contributed by atoms with Crippen LogP contribution in [0.2, 0.25) is 5.02 Å². The van der Waals surface area contributed by atoms with Crippen molar-refractivity contribution in [2.75, 3.05) is 0 Å². The van der Waals surface area contributed by atoms with E-state index in [1.54, 1.807) is 0 Å². The number of rotatable bonds is 1. The van der Waals surface area contributed by atoms with Gasteiger partial charge >= 0.3 is 0 Å². The molecule has 96 valence electrons. The van der Waals surface area contributed by atoms with Gasteiger partial charge in [0.2, 0.25) is 0 Å². The summed E-state index contributed by atoms with van der Waals surface area (Å²) in [6.07, 6.45) is 0. The van der Waals surface area contributed by atoms with Gasteiger partial charge in [-0.05, 0) is 17.7 Å². The van der Waals surface area contributed by atoms with E-state index >= 15 is 0 Å². The maximum absolute atomic E-state index is 6.32. The highest BCUT2D eigenvalue weighted by Crippen LogP contribution is 2.38. The molecule has 3 aromatic carbocycles. The van der Waals surface area contributed by atoms with Gasteiger partial charge in [0.25, 0.3) is 0 Å². The first kappa shape index (κ1) is 11.6. The summed E-state index contributed by atoms with van der Waals surface area (Å²) in [5, 5.41) is 2.78. The lowest BCUT2D eigenvalue weighted by molar-refractivity contribution is 0.670. The Morgan fingerprint density at radius 3 is 2.40 bits per heavy atom. The van der Waals surface area contributed by atoms with Crippen LogP contribution in [0.5, 0.6) is 0 Å². The van der Waals surface area contributed by atoms with Gasteiger partial charge in [-0.2, -0.15) is 0 Å². The fourth-order valence-corrected chi connectivity index (χ4v) is 2.92. The topological polar surface area (TPSA) is 13.1 Å². The lowest BCUT2D eigenvalue weighted by Gasteiger charge is -2.01. The van der Waals surface area contributed by atoms with Gasteiger partial charge in [0.05, 0.1) is 5.02 Å². The molecule has 1 nitrogen and oxygen atoms in total. The van der Waals surface area contributed by atoms with Crippen molar-refractivity contribution in [3.05, 3.63) is 71.8 Å². The number of fused-ring (bicyclic) bond motifs is 3. The van der Waals surface area contributed by atoms with E-state index in [9.17, 15) is 0 Å². The molecule has 1 heterocycles. The number of hydrogen-bond donors (Lipinski definition) is 0. The first-order valence-corrected chi connectivity index (χ1v) is 6.87. The summed E-state index contributed by atoms with van der Waals surface area (Å²) in [5.74, 6) is 0. The first-order chi connectivity index (χ1) is 9.84. The van der Waals surface area contributed by atoms with Crippen LogP contribution in [-0.4, -0.2) is 0 Å². The van der Waals surface area contributed by atoms with Gasteiger partial charge < -0.3 is 4.42 Å². The van der Waals surface area contributed by atoms with Crippen LogP contribution >= 0.6 is 11.6 Å². The zero-order valence-corrected chi connectivity index (χ0v) is 11.4. The third kappa shape index (κ3) is 1.64. The van der Waals surface area contributed by atoms with Crippen LogP contribution < -0.4 is 0 Å². The molecule has 0 aliphatic heterocycles. The predicted octanol–water partition coefficient (Wildman–Crippen LogP) is 5.91. The van der Waals surface area contributed by atoms with Gasteiger partial charge in [-0.15, -0.1) is 0 Å². The third-order valence-corrected chi connectivity index (χ3v) is 3.87. The van der Waals surface area contributed by atoms with E-state index in [0.29, 0.717) is 0 Å². The number of furan rings is 1. The highest BCUT2D eigenvalue weighted by molar-refractivity contribution is 6.37. The van der Waals surface area contributed by atoms with Crippen molar-refractivity contribution in [2.24, 2.45) is 0 Å². The van der Waals surface area contributed by atoms with Gasteiger partial charge in [0, 0.05) is 16.3 Å². The molecular weight excluding hydrogens is 268 g/mol. The molecule has 4 aromatic rings. The zero-order valence-electron chi connectivity index (χ0n) is 10.6. The van der Waals surface area contributed by atoms with Crippen molar-refractivity contribution in [2.45, 2.75) is 0 Å². The fourth-order valence-electron chi connectivity index (χ4n) is 2.65. The molecule has 0 radical (unpaired) electrons. The molecule has 0 unspecified atom stereocenters. The number of halogens is 1. The van der Waals surface area contributed by atoms with Crippen molar-refractivity contribution in [1.82, 2.24) is 0 Å². The Bertz CT molecular complexity index is 907. The summed E-state index contributed by atoms with van der Waals surface area (Å²) in [4.78, 5) is 0. The highest BCUT2D eigenvalue weighted by atomic mass is 35.5. The molecular formula is C18H11ClO. The van der Waals surface area contributed by atoms with Gasteiger partial charge in [0.15, 0.2) is 0 Å². The van der Waals surface area contributed by atoms with Crippen molar-refractivity contribution in [3.63, 3.8) is 0 Å². The normalized spacial score (nSPS) is 11.2. The molecule has 0 atom stereocenters. The quantitative estimate of drug-likeness (QED) is 0.422. The summed E-state index contributed by atoms with van der Waals surface area (Å²) < 4.78 is 6.03. The molecule has 4 rings (SSSR count). The van der Waals surface area contributed by atoms with Gasteiger partial charge in [-0.1, -0.05) is 66.2 Å². The lowest BCUT2D eigenvalue weighted by Crippen LogP contribution is -1.77. The Kier molecular flexibility index (Phi) is 2.54. The number of benzene rings is 3. The summed E-state index contributed by atoms with van der Waals surface area (Å²) in [6.45, 7) is 0. The van der Waals surface area contributed by atoms with Gasteiger partial charge in [0.1, 0.15) is 11.2 Å². The van der Waals surface area contributed by atoms with E-state index in [1.807, 2.05) is 42.5 Å². The Labute approximate surface area is 121 Å². The van der Waals surface area contributed by atoms with Crippen molar-refractivity contribution in [1.29, 1.82) is 0 Å². The van der Waals surface area contributed by atoms with Crippen LogP contribution in [0.3, 0.4) is 0 Å². The summed E-state index contributed by atoms with van der Waals surface area (Å²) in [6, 6.07) is 22.2. The van der Waals surface area contributed by atoms with Crippen LogP contribution in [0.1, 0.15) is 0 Å². The smallest absolute Gasteiger partial charge is 0.143 e. The van der Waals surface area contributed by atoms with E-state index < -0.39 is 0 Å². The van der Waals surface area contributed by atoms with Gasteiger partial charge in [-0.3, -0.25) is 0 Å². The largest absolute Gasteiger partial charge is 0.455 e. The first-order valence-electron chi connectivity index (χ1n) is 6.50. The van der Waals surface area contributed by atoms with Crippen LogP contribution in [0.25, 0.3) is 33.1 Å². The predicted molar refractivity (Wildman–Crippen MR) is 84.2 cm³/mol. The van der Waals surface area contributed by atoms with E-state index in [-0.39, 0.29) is 0 Å². The number of hydrogen-bond acceptors (Lipinski definition) is 1. The molecule has 0 spiro atoms. The zero-order chi connectivity index (χ0) is 13.5. The fraction of sp³-hybridized carbons (Fsp3) is 0. The van der Waals surface area contributed by atoms with Gasteiger partial charge in [-0.25, -0.2) is 0 Å². The minimum Gasteiger partial charge on any atom is -0.455 e. The number of para-hydroxylation sites is 1. The molecule has 0 fully saturated rings. The Hall–Kier alpha value is -2.25. The Morgan fingerprint density at radius 1 is 0.750 bits per heavy atom. The second-order valence-corrected chi connectivity index (χ2v) is 5.17. The van der Waals surface area contributed by atoms with Crippen LogP contribution in [0.4, 0.5) is 0 Å².